The summed E-state index contributed by atoms with van der Waals surface area (Å²) in [6.07, 6.45) is 1.97. The van der Waals surface area contributed by atoms with Gasteiger partial charge in [-0.15, -0.1) is 36.4 Å². The van der Waals surface area contributed by atoms with Crippen molar-refractivity contribution >= 4 is 12.2 Å². The second-order valence-electron chi connectivity index (χ2n) is 12.6. The average Bonchev–Trinajstić information content (AvgIpc) is 3.37. The predicted molar refractivity (Wildman–Crippen MR) is 200 cm³/mol. The maximum atomic E-state index is 13.0. The number of rotatable bonds is 8. The second kappa shape index (κ2) is 24.4. The van der Waals surface area contributed by atoms with Gasteiger partial charge in [0.15, 0.2) is 0 Å². The van der Waals surface area contributed by atoms with E-state index in [0.717, 1.165) is 49.9 Å². The van der Waals surface area contributed by atoms with E-state index in [1.807, 2.05) is 13.8 Å². The number of ether oxygens (including phenoxy) is 2. The molecule has 2 N–H and O–H groups in total. The Morgan fingerprint density at radius 2 is 0.868 bits per heavy atom. The van der Waals surface area contributed by atoms with Crippen molar-refractivity contribution in [2.45, 2.75) is 109 Å². The van der Waals surface area contributed by atoms with E-state index in [2.05, 4.69) is 89.3 Å². The predicted octanol–water partition coefficient (Wildman–Crippen LogP) is 11.2. The van der Waals surface area contributed by atoms with Crippen molar-refractivity contribution in [1.82, 2.24) is 10.6 Å². The molecule has 4 aromatic rings. The van der Waals surface area contributed by atoms with E-state index in [9.17, 15) is 27.2 Å². The monoisotopic (exact) mass is 774 g/mol. The van der Waals surface area contributed by atoms with Crippen LogP contribution in [0.25, 0.3) is 0 Å². The minimum absolute atomic E-state index is 0. The zero-order chi connectivity index (χ0) is 39.7. The Morgan fingerprint density at radius 1 is 0.585 bits per heavy atom. The molecule has 0 aliphatic carbocycles. The minimum Gasteiger partial charge on any atom is -0.472 e. The zero-order valence-corrected chi connectivity index (χ0v) is 34.8. The number of carbonyl (C=O) groups is 2. The molecule has 0 unspecified atom stereocenters. The summed E-state index contributed by atoms with van der Waals surface area (Å²) in [7, 11) is 0. The Balaban J connectivity index is 0.000000692. The SMILES string of the molecule is CCCCNC(=O)Oc1ccc(F)[c-]c1F.CCCCNC(=O)Oc1ccc(F)[c-]c1F.Cc1c(C)c(C)[c-](C)c1C.Cc1c(C)c(C)[c-](C)c1C.[Ti+4]. The molecule has 0 atom stereocenters. The van der Waals surface area contributed by atoms with Crippen LogP contribution in [0.3, 0.4) is 0 Å². The fraction of sp³-hybridized carbons (Fsp3) is 0.429. The van der Waals surface area contributed by atoms with Gasteiger partial charge < -0.3 is 20.1 Å². The summed E-state index contributed by atoms with van der Waals surface area (Å²) in [5.74, 6) is -4.39. The van der Waals surface area contributed by atoms with Crippen LogP contribution in [0.2, 0.25) is 0 Å². The van der Waals surface area contributed by atoms with Crippen LogP contribution in [0.4, 0.5) is 27.2 Å². The van der Waals surface area contributed by atoms with Gasteiger partial charge in [-0.25, -0.2) is 27.2 Å². The Hall–Kier alpha value is -3.89. The van der Waals surface area contributed by atoms with Gasteiger partial charge in [0.05, 0.1) is 23.1 Å². The van der Waals surface area contributed by atoms with E-state index >= 15 is 0 Å². The van der Waals surface area contributed by atoms with E-state index in [0.29, 0.717) is 13.1 Å². The molecule has 53 heavy (non-hydrogen) atoms. The smallest absolute Gasteiger partial charge is 0.472 e. The van der Waals surface area contributed by atoms with Crippen molar-refractivity contribution in [1.29, 1.82) is 0 Å². The van der Waals surface area contributed by atoms with Crippen LogP contribution in [0.5, 0.6) is 11.5 Å². The van der Waals surface area contributed by atoms with Crippen LogP contribution in [0.15, 0.2) is 24.3 Å². The fourth-order valence-electron chi connectivity index (χ4n) is 4.84. The normalized spacial score (nSPS) is 9.96. The third-order valence-electron chi connectivity index (χ3n) is 9.28. The number of hydrogen-bond acceptors (Lipinski definition) is 4. The molecule has 0 aliphatic heterocycles. The summed E-state index contributed by atoms with van der Waals surface area (Å²) in [6, 6.07) is 7.57. The molecule has 4 aromatic carbocycles. The number of carbonyl (C=O) groups excluding carboxylic acids is 2. The Morgan fingerprint density at radius 3 is 1.08 bits per heavy atom. The number of nitrogens with one attached hydrogen (secondary N) is 2. The van der Waals surface area contributed by atoms with Gasteiger partial charge in [0.1, 0.15) is 0 Å². The molecule has 0 aromatic heterocycles. The summed E-state index contributed by atoms with van der Waals surface area (Å²) in [6.45, 7) is 26.9. The van der Waals surface area contributed by atoms with Gasteiger partial charge in [-0.05, 0) is 12.8 Å². The molecule has 0 saturated carbocycles. The topological polar surface area (TPSA) is 76.7 Å². The van der Waals surface area contributed by atoms with Gasteiger partial charge >= 0.3 is 33.9 Å². The van der Waals surface area contributed by atoms with Crippen molar-refractivity contribution in [2.75, 3.05) is 13.1 Å². The second-order valence-corrected chi connectivity index (χ2v) is 12.6. The van der Waals surface area contributed by atoms with Gasteiger partial charge in [0.2, 0.25) is 0 Å². The molecule has 0 radical (unpaired) electrons. The first-order chi connectivity index (χ1) is 24.4. The fourth-order valence-corrected chi connectivity index (χ4v) is 4.84. The summed E-state index contributed by atoms with van der Waals surface area (Å²) >= 11 is 0. The molecule has 0 fully saturated rings. The molecule has 0 spiro atoms. The van der Waals surface area contributed by atoms with Crippen LogP contribution < -0.4 is 20.1 Å². The number of amides is 2. The molecular formula is C42H54F4N2O4Ti. The van der Waals surface area contributed by atoms with Crippen LogP contribution in [-0.4, -0.2) is 25.3 Å². The van der Waals surface area contributed by atoms with Crippen molar-refractivity contribution in [3.63, 3.8) is 0 Å². The standard InChI is InChI=1S/2C11H12F2NO2.2C10H15.Ti/c2*1-2-3-6-14-11(15)16-10-5-4-8(12)7-9(10)13;2*1-6-7(2)9(4)10(5)8(6)3;/h2*4-5H,2-3,6H2,1H3,(H,14,15);2*1-5H3;/q4*-1;+4. The Bertz CT molecular complexity index is 1480. The van der Waals surface area contributed by atoms with Crippen molar-refractivity contribution in [3.8, 4) is 11.5 Å². The molecular weight excluding hydrogens is 720 g/mol. The minimum atomic E-state index is -1.02. The first kappa shape index (κ1) is 49.1. The number of benzene rings is 2. The first-order valence-electron chi connectivity index (χ1n) is 17.4. The molecule has 0 aliphatic rings. The summed E-state index contributed by atoms with van der Waals surface area (Å²) < 4.78 is 60.2. The van der Waals surface area contributed by atoms with Crippen LogP contribution in [0, 0.1) is 105 Å². The Labute approximate surface area is 328 Å². The quantitative estimate of drug-likeness (QED) is 0.0809. The molecule has 6 nitrogen and oxygen atoms in total. The largest absolute Gasteiger partial charge is 4.00 e. The van der Waals surface area contributed by atoms with E-state index < -0.39 is 35.5 Å². The summed E-state index contributed by atoms with van der Waals surface area (Å²) in [4.78, 5) is 22.2. The molecule has 0 bridgehead atoms. The van der Waals surface area contributed by atoms with Crippen LogP contribution >= 0.6 is 0 Å². The van der Waals surface area contributed by atoms with E-state index in [4.69, 9.17) is 0 Å². The van der Waals surface area contributed by atoms with Crippen molar-refractivity contribution in [3.05, 3.63) is 115 Å². The van der Waals surface area contributed by atoms with Crippen LogP contribution in [-0.2, 0) is 21.7 Å². The maximum Gasteiger partial charge on any atom is 4.00 e. The molecule has 0 heterocycles. The van der Waals surface area contributed by atoms with Gasteiger partial charge in [-0.1, -0.05) is 95.9 Å². The number of halogens is 4. The van der Waals surface area contributed by atoms with Gasteiger partial charge in [-0.3, -0.25) is 0 Å². The summed E-state index contributed by atoms with van der Waals surface area (Å²) in [5, 5.41) is 4.88. The van der Waals surface area contributed by atoms with E-state index in [1.165, 1.54) is 55.6 Å². The zero-order valence-electron chi connectivity index (χ0n) is 33.2. The molecule has 288 valence electrons. The Kier molecular flexibility index (Phi) is 22.6. The van der Waals surface area contributed by atoms with E-state index in [-0.39, 0.29) is 33.2 Å². The number of hydrogen-bond donors (Lipinski definition) is 2. The van der Waals surface area contributed by atoms with Gasteiger partial charge in [0, 0.05) is 24.7 Å². The molecule has 2 amide bonds. The number of unbranched alkanes of at least 4 members (excludes halogenated alkanes) is 2. The third kappa shape index (κ3) is 15.9. The molecule has 4 rings (SSSR count). The van der Waals surface area contributed by atoms with Gasteiger partial charge in [-0.2, -0.15) is 55.6 Å². The van der Waals surface area contributed by atoms with Crippen molar-refractivity contribution < 1.29 is 58.3 Å². The molecule has 11 heteroatoms. The summed E-state index contributed by atoms with van der Waals surface area (Å²) in [5.41, 5.74) is 14.7. The first-order valence-corrected chi connectivity index (χ1v) is 17.4. The van der Waals surface area contributed by atoms with Gasteiger partial charge in [0.25, 0.3) is 0 Å². The maximum absolute atomic E-state index is 13.0. The third-order valence-corrected chi connectivity index (χ3v) is 9.28. The molecule has 0 saturated heterocycles. The van der Waals surface area contributed by atoms with E-state index in [1.54, 1.807) is 12.1 Å². The van der Waals surface area contributed by atoms with Crippen molar-refractivity contribution in [2.24, 2.45) is 0 Å². The average molecular weight is 775 g/mol. The van der Waals surface area contributed by atoms with Crippen LogP contribution in [0.1, 0.15) is 95.2 Å².